The highest BCUT2D eigenvalue weighted by Gasteiger charge is 2.30. The molecular formula is C29H27FN4O2. The molecule has 5 rings (SSSR count). The lowest BCUT2D eigenvalue weighted by atomic mass is 9.95. The average Bonchev–Trinajstić information content (AvgIpc) is 3.35. The van der Waals surface area contributed by atoms with Gasteiger partial charge in [-0.2, -0.15) is 5.10 Å². The first-order chi connectivity index (χ1) is 17.5. The summed E-state index contributed by atoms with van der Waals surface area (Å²) in [6.45, 7) is 2.98. The summed E-state index contributed by atoms with van der Waals surface area (Å²) in [4.78, 5) is 28.1. The summed E-state index contributed by atoms with van der Waals surface area (Å²) in [5.74, 6) is -0.619. The number of para-hydroxylation sites is 1. The Morgan fingerprint density at radius 3 is 2.25 bits per heavy atom. The van der Waals surface area contributed by atoms with Crippen LogP contribution >= 0.6 is 0 Å². The molecule has 1 aliphatic heterocycles. The van der Waals surface area contributed by atoms with Gasteiger partial charge in [0.05, 0.1) is 11.3 Å². The van der Waals surface area contributed by atoms with Gasteiger partial charge in [0, 0.05) is 36.5 Å². The molecular weight excluding hydrogens is 455 g/mol. The van der Waals surface area contributed by atoms with Gasteiger partial charge in [0.2, 0.25) is 5.91 Å². The molecule has 2 amide bonds. The fourth-order valence-electron chi connectivity index (χ4n) is 4.46. The van der Waals surface area contributed by atoms with E-state index in [-0.39, 0.29) is 23.5 Å². The SMILES string of the molecule is Cc1ccc(-c2nn(-c3ccc(F)cc3)cc2C(=O)N2CCC(C(=O)Nc3ccccc3)CC2)cc1. The third-order valence-electron chi connectivity index (χ3n) is 6.56. The summed E-state index contributed by atoms with van der Waals surface area (Å²) in [5.41, 5.74) is 4.45. The van der Waals surface area contributed by atoms with Crippen molar-refractivity contribution >= 4 is 17.5 Å². The number of aryl methyl sites for hydroxylation is 1. The molecule has 0 unspecified atom stereocenters. The van der Waals surface area contributed by atoms with Crippen molar-refractivity contribution in [2.75, 3.05) is 18.4 Å². The van der Waals surface area contributed by atoms with E-state index in [0.29, 0.717) is 42.9 Å². The highest BCUT2D eigenvalue weighted by Crippen LogP contribution is 2.28. The summed E-state index contributed by atoms with van der Waals surface area (Å²) >= 11 is 0. The van der Waals surface area contributed by atoms with Crippen molar-refractivity contribution in [2.24, 2.45) is 5.92 Å². The van der Waals surface area contributed by atoms with E-state index in [4.69, 9.17) is 5.10 Å². The zero-order chi connectivity index (χ0) is 25.1. The second kappa shape index (κ2) is 10.2. The molecule has 36 heavy (non-hydrogen) atoms. The molecule has 4 aromatic rings. The molecule has 2 heterocycles. The molecule has 3 aromatic carbocycles. The van der Waals surface area contributed by atoms with Gasteiger partial charge in [-0.15, -0.1) is 0 Å². The normalized spacial score (nSPS) is 14.0. The van der Waals surface area contributed by atoms with Crippen LogP contribution in [0.5, 0.6) is 0 Å². The monoisotopic (exact) mass is 482 g/mol. The van der Waals surface area contributed by atoms with E-state index in [0.717, 1.165) is 16.8 Å². The van der Waals surface area contributed by atoms with Crippen molar-refractivity contribution in [1.29, 1.82) is 0 Å². The van der Waals surface area contributed by atoms with E-state index in [1.165, 1.54) is 12.1 Å². The first-order valence-electron chi connectivity index (χ1n) is 12.1. The van der Waals surface area contributed by atoms with Crippen molar-refractivity contribution in [1.82, 2.24) is 14.7 Å². The molecule has 6 nitrogen and oxygen atoms in total. The Hall–Kier alpha value is -4.26. The van der Waals surface area contributed by atoms with Gasteiger partial charge in [-0.3, -0.25) is 9.59 Å². The Bertz CT molecular complexity index is 1360. The quantitative estimate of drug-likeness (QED) is 0.410. The molecule has 0 spiro atoms. The van der Waals surface area contributed by atoms with Crippen molar-refractivity contribution < 1.29 is 14.0 Å². The number of halogens is 1. The zero-order valence-corrected chi connectivity index (χ0v) is 20.0. The topological polar surface area (TPSA) is 67.2 Å². The number of likely N-dealkylation sites (tertiary alicyclic amines) is 1. The van der Waals surface area contributed by atoms with Crippen LogP contribution in [-0.4, -0.2) is 39.6 Å². The van der Waals surface area contributed by atoms with Crippen molar-refractivity contribution in [2.45, 2.75) is 19.8 Å². The molecule has 1 aromatic heterocycles. The number of amides is 2. The lowest BCUT2D eigenvalue weighted by Crippen LogP contribution is -2.41. The van der Waals surface area contributed by atoms with E-state index >= 15 is 0 Å². The van der Waals surface area contributed by atoms with Gasteiger partial charge in [-0.1, -0.05) is 48.0 Å². The maximum Gasteiger partial charge on any atom is 0.257 e. The lowest BCUT2D eigenvalue weighted by molar-refractivity contribution is -0.121. The maximum absolute atomic E-state index is 13.6. The smallest absolute Gasteiger partial charge is 0.257 e. The first kappa shape index (κ1) is 23.5. The van der Waals surface area contributed by atoms with E-state index in [1.807, 2.05) is 61.5 Å². The molecule has 0 atom stereocenters. The van der Waals surface area contributed by atoms with E-state index < -0.39 is 0 Å². The zero-order valence-electron chi connectivity index (χ0n) is 20.0. The number of carbonyl (C=O) groups excluding carboxylic acids is 2. The van der Waals surface area contributed by atoms with Crippen LogP contribution in [0.15, 0.2) is 85.1 Å². The van der Waals surface area contributed by atoms with Gasteiger partial charge in [-0.05, 0) is 56.2 Å². The van der Waals surface area contributed by atoms with Gasteiger partial charge >= 0.3 is 0 Å². The number of hydrogen-bond donors (Lipinski definition) is 1. The molecule has 1 aliphatic rings. The summed E-state index contributed by atoms with van der Waals surface area (Å²) in [6.07, 6.45) is 2.89. The van der Waals surface area contributed by atoms with Crippen LogP contribution in [0.1, 0.15) is 28.8 Å². The maximum atomic E-state index is 13.6. The molecule has 0 radical (unpaired) electrons. The van der Waals surface area contributed by atoms with Crippen LogP contribution in [0.2, 0.25) is 0 Å². The Morgan fingerprint density at radius 1 is 0.917 bits per heavy atom. The molecule has 7 heteroatoms. The second-order valence-corrected chi connectivity index (χ2v) is 9.10. The summed E-state index contributed by atoms with van der Waals surface area (Å²) in [5, 5.41) is 7.66. The number of aromatic nitrogens is 2. The third-order valence-corrected chi connectivity index (χ3v) is 6.56. The summed E-state index contributed by atoms with van der Waals surface area (Å²) < 4.78 is 15.1. The highest BCUT2D eigenvalue weighted by molar-refractivity contribution is 6.00. The molecule has 0 aliphatic carbocycles. The molecule has 1 saturated heterocycles. The Kier molecular flexibility index (Phi) is 6.62. The highest BCUT2D eigenvalue weighted by atomic mass is 19.1. The van der Waals surface area contributed by atoms with Crippen LogP contribution < -0.4 is 5.32 Å². The molecule has 182 valence electrons. The Balaban J connectivity index is 1.35. The van der Waals surface area contributed by atoms with Crippen molar-refractivity contribution in [3.63, 3.8) is 0 Å². The van der Waals surface area contributed by atoms with Crippen LogP contribution in [0.4, 0.5) is 10.1 Å². The standard InChI is InChI=1S/C29H27FN4O2/c1-20-7-9-21(10-8-20)27-26(19-34(32-27)25-13-11-23(30)12-14-25)29(36)33-17-15-22(16-18-33)28(35)31-24-5-3-2-4-6-24/h2-14,19,22H,15-18H2,1H3,(H,31,35). The van der Waals surface area contributed by atoms with Crippen molar-refractivity contribution in [3.05, 3.63) is 102 Å². The molecule has 1 fully saturated rings. The minimum atomic E-state index is -0.333. The van der Waals surface area contributed by atoms with Crippen LogP contribution in [0, 0.1) is 18.7 Å². The molecule has 0 bridgehead atoms. The number of hydrogen-bond acceptors (Lipinski definition) is 3. The fourth-order valence-corrected chi connectivity index (χ4v) is 4.46. The van der Waals surface area contributed by atoms with Gasteiger partial charge in [0.1, 0.15) is 11.5 Å². The minimum Gasteiger partial charge on any atom is -0.338 e. The van der Waals surface area contributed by atoms with Crippen LogP contribution in [0.25, 0.3) is 16.9 Å². The fraction of sp³-hybridized carbons (Fsp3) is 0.207. The number of anilines is 1. The number of rotatable bonds is 5. The number of piperidine rings is 1. The van der Waals surface area contributed by atoms with E-state index in [1.54, 1.807) is 27.9 Å². The largest absolute Gasteiger partial charge is 0.338 e. The number of nitrogens with one attached hydrogen (secondary N) is 1. The van der Waals surface area contributed by atoms with Gasteiger partial charge in [-0.25, -0.2) is 9.07 Å². The predicted molar refractivity (Wildman–Crippen MR) is 137 cm³/mol. The number of nitrogens with zero attached hydrogens (tertiary/aromatic N) is 3. The van der Waals surface area contributed by atoms with Gasteiger partial charge in [0.25, 0.3) is 5.91 Å². The first-order valence-corrected chi connectivity index (χ1v) is 12.1. The minimum absolute atomic E-state index is 0.0160. The number of benzene rings is 3. The van der Waals surface area contributed by atoms with E-state index in [2.05, 4.69) is 5.32 Å². The summed E-state index contributed by atoms with van der Waals surface area (Å²) in [6, 6.07) is 23.3. The summed E-state index contributed by atoms with van der Waals surface area (Å²) in [7, 11) is 0. The third kappa shape index (κ3) is 5.05. The Morgan fingerprint density at radius 2 is 1.58 bits per heavy atom. The van der Waals surface area contributed by atoms with Crippen molar-refractivity contribution in [3.8, 4) is 16.9 Å². The van der Waals surface area contributed by atoms with Gasteiger partial charge in [0.15, 0.2) is 0 Å². The van der Waals surface area contributed by atoms with Crippen LogP contribution in [0.3, 0.4) is 0 Å². The van der Waals surface area contributed by atoms with Gasteiger partial charge < -0.3 is 10.2 Å². The predicted octanol–water partition coefficient (Wildman–Crippen LogP) is 5.48. The second-order valence-electron chi connectivity index (χ2n) is 9.10. The molecule has 0 saturated carbocycles. The molecule has 1 N–H and O–H groups in total. The van der Waals surface area contributed by atoms with Crippen LogP contribution in [-0.2, 0) is 4.79 Å². The Labute approximate surface area is 209 Å². The lowest BCUT2D eigenvalue weighted by Gasteiger charge is -2.31. The van der Waals surface area contributed by atoms with E-state index in [9.17, 15) is 14.0 Å². The number of carbonyl (C=O) groups is 2. The average molecular weight is 483 g/mol.